The van der Waals surface area contributed by atoms with E-state index in [2.05, 4.69) is 74.3 Å². The van der Waals surface area contributed by atoms with Crippen LogP contribution in [0.3, 0.4) is 0 Å². The van der Waals surface area contributed by atoms with Gasteiger partial charge in [0.2, 0.25) is 0 Å². The molecule has 0 N–H and O–H groups in total. The molecule has 0 bridgehead atoms. The number of nitrogens with zero attached hydrogens (tertiary/aromatic N) is 4. The molecule has 0 saturated carbocycles. The van der Waals surface area contributed by atoms with Crippen LogP contribution < -0.4 is 9.91 Å². The minimum Gasteiger partial charge on any atom is -0.364 e. The first kappa shape index (κ1) is 22.8. The van der Waals surface area contributed by atoms with Crippen LogP contribution in [0.1, 0.15) is 18.1 Å². The van der Waals surface area contributed by atoms with E-state index in [0.29, 0.717) is 11.4 Å². The molecular formula is C28H26BrClN4O. The maximum absolute atomic E-state index is 14.3. The summed E-state index contributed by atoms with van der Waals surface area (Å²) in [5, 5.41) is 7.07. The summed E-state index contributed by atoms with van der Waals surface area (Å²) in [5.41, 5.74) is 4.62. The molecule has 5 nitrogen and oxygen atoms in total. The molecule has 7 heteroatoms. The largest absolute Gasteiger partial charge is 0.364 e. The second-order valence-corrected chi connectivity index (χ2v) is 11.0. The lowest BCUT2D eigenvalue weighted by Gasteiger charge is -2.53. The van der Waals surface area contributed by atoms with Gasteiger partial charge in [-0.15, -0.1) is 0 Å². The number of rotatable bonds is 3. The molecule has 3 aromatic rings. The maximum Gasteiger partial charge on any atom is 0.261 e. The number of carbonyl (C=O) groups excluding carboxylic acids is 1. The SMILES string of the molecule is CC1=NN(c2ccc(Cl)cc2)C(=O)[C@@]12Cc1cc(Br)ccc1N1CCN(Cc3ccccc3)C[C@H]12. The Bertz CT molecular complexity index is 1310. The van der Waals surface area contributed by atoms with Gasteiger partial charge in [-0.1, -0.05) is 57.9 Å². The first-order chi connectivity index (χ1) is 17.0. The van der Waals surface area contributed by atoms with Crippen molar-refractivity contribution in [1.82, 2.24) is 4.90 Å². The topological polar surface area (TPSA) is 39.2 Å². The van der Waals surface area contributed by atoms with Crippen molar-refractivity contribution in [2.75, 3.05) is 29.5 Å². The van der Waals surface area contributed by atoms with Crippen molar-refractivity contribution in [3.63, 3.8) is 0 Å². The summed E-state index contributed by atoms with van der Waals surface area (Å²) >= 11 is 9.76. The summed E-state index contributed by atoms with van der Waals surface area (Å²) in [4.78, 5) is 19.2. The number of benzene rings is 3. The summed E-state index contributed by atoms with van der Waals surface area (Å²) in [6.45, 7) is 5.51. The Morgan fingerprint density at radius 2 is 1.83 bits per heavy atom. The van der Waals surface area contributed by atoms with Gasteiger partial charge in [0.25, 0.3) is 5.91 Å². The van der Waals surface area contributed by atoms with Crippen molar-refractivity contribution < 1.29 is 4.79 Å². The minimum atomic E-state index is -0.719. The highest BCUT2D eigenvalue weighted by Gasteiger charge is 2.59. The fourth-order valence-corrected chi connectivity index (χ4v) is 6.44. The molecule has 1 fully saturated rings. The Morgan fingerprint density at radius 1 is 1.06 bits per heavy atom. The molecule has 35 heavy (non-hydrogen) atoms. The maximum atomic E-state index is 14.3. The zero-order chi connectivity index (χ0) is 24.2. The van der Waals surface area contributed by atoms with E-state index in [0.717, 1.165) is 42.1 Å². The van der Waals surface area contributed by atoms with Gasteiger partial charge < -0.3 is 4.90 Å². The van der Waals surface area contributed by atoms with Crippen molar-refractivity contribution in [1.29, 1.82) is 0 Å². The van der Waals surface area contributed by atoms with Gasteiger partial charge in [0.1, 0.15) is 5.41 Å². The summed E-state index contributed by atoms with van der Waals surface area (Å²) in [7, 11) is 0. The fraction of sp³-hybridized carbons (Fsp3) is 0.286. The molecule has 6 rings (SSSR count). The van der Waals surface area contributed by atoms with Gasteiger partial charge in [-0.25, -0.2) is 0 Å². The Balaban J connectivity index is 1.41. The number of hydrogen-bond acceptors (Lipinski definition) is 4. The zero-order valence-corrected chi connectivity index (χ0v) is 21.8. The molecular weight excluding hydrogens is 524 g/mol. The first-order valence-corrected chi connectivity index (χ1v) is 13.1. The quantitative estimate of drug-likeness (QED) is 0.417. The molecule has 178 valence electrons. The Kier molecular flexibility index (Phi) is 5.71. The number of anilines is 2. The lowest BCUT2D eigenvalue weighted by molar-refractivity contribution is -0.125. The van der Waals surface area contributed by atoms with Crippen LogP contribution in [-0.2, 0) is 17.8 Å². The average Bonchev–Trinajstić information content (AvgIpc) is 3.10. The van der Waals surface area contributed by atoms with E-state index in [4.69, 9.17) is 16.7 Å². The van der Waals surface area contributed by atoms with Crippen LogP contribution in [0, 0.1) is 5.41 Å². The molecule has 1 spiro atoms. The van der Waals surface area contributed by atoms with Crippen LogP contribution in [0.5, 0.6) is 0 Å². The summed E-state index contributed by atoms with van der Waals surface area (Å²) in [5.74, 6) is 0.0412. The highest BCUT2D eigenvalue weighted by Crippen LogP contribution is 2.48. The summed E-state index contributed by atoms with van der Waals surface area (Å²) < 4.78 is 1.03. The Morgan fingerprint density at radius 3 is 2.60 bits per heavy atom. The van der Waals surface area contributed by atoms with Crippen LogP contribution >= 0.6 is 27.5 Å². The highest BCUT2D eigenvalue weighted by molar-refractivity contribution is 9.10. The summed E-state index contributed by atoms with van der Waals surface area (Å²) in [6.07, 6.45) is 0.639. The monoisotopic (exact) mass is 548 g/mol. The third-order valence-corrected chi connectivity index (χ3v) is 8.39. The van der Waals surface area contributed by atoms with Crippen LogP contribution in [0.4, 0.5) is 11.4 Å². The van der Waals surface area contributed by atoms with E-state index >= 15 is 0 Å². The molecule has 0 unspecified atom stereocenters. The predicted octanol–water partition coefficient (Wildman–Crippen LogP) is 5.76. The number of hydrogen-bond donors (Lipinski definition) is 0. The van der Waals surface area contributed by atoms with E-state index in [1.54, 1.807) is 5.01 Å². The van der Waals surface area contributed by atoms with Gasteiger partial charge in [-0.05, 0) is 66.9 Å². The van der Waals surface area contributed by atoms with Crippen molar-refractivity contribution in [3.05, 3.63) is 93.4 Å². The molecule has 1 saturated heterocycles. The number of amides is 1. The van der Waals surface area contributed by atoms with Crippen molar-refractivity contribution in [3.8, 4) is 0 Å². The minimum absolute atomic E-state index is 0.00203. The molecule has 3 aromatic carbocycles. The van der Waals surface area contributed by atoms with Crippen LogP contribution in [0.25, 0.3) is 0 Å². The first-order valence-electron chi connectivity index (χ1n) is 11.9. The average molecular weight is 550 g/mol. The molecule has 0 aliphatic carbocycles. The van der Waals surface area contributed by atoms with E-state index < -0.39 is 5.41 Å². The van der Waals surface area contributed by atoms with Crippen LogP contribution in [0.15, 0.2) is 82.4 Å². The second-order valence-electron chi connectivity index (χ2n) is 9.63. The van der Waals surface area contributed by atoms with Gasteiger partial charge in [0, 0.05) is 41.4 Å². The number of fused-ring (bicyclic) bond motifs is 4. The highest BCUT2D eigenvalue weighted by atomic mass is 79.9. The van der Waals surface area contributed by atoms with Crippen molar-refractivity contribution >= 4 is 50.5 Å². The predicted molar refractivity (Wildman–Crippen MR) is 145 cm³/mol. The zero-order valence-electron chi connectivity index (χ0n) is 19.5. The van der Waals surface area contributed by atoms with Gasteiger partial charge in [0.15, 0.2) is 0 Å². The van der Waals surface area contributed by atoms with Crippen molar-refractivity contribution in [2.45, 2.75) is 25.9 Å². The van der Waals surface area contributed by atoms with Crippen LogP contribution in [-0.4, -0.2) is 42.2 Å². The van der Waals surface area contributed by atoms with E-state index in [-0.39, 0.29) is 11.9 Å². The Labute approximate surface area is 219 Å². The number of hydrazone groups is 1. The fourth-order valence-electron chi connectivity index (χ4n) is 5.90. The van der Waals surface area contributed by atoms with Gasteiger partial charge in [-0.2, -0.15) is 10.1 Å². The van der Waals surface area contributed by atoms with E-state index in [9.17, 15) is 4.79 Å². The number of carbonyl (C=O) groups is 1. The number of halogens is 2. The molecule has 0 aromatic heterocycles. The lowest BCUT2D eigenvalue weighted by atomic mass is 9.67. The van der Waals surface area contributed by atoms with Crippen molar-refractivity contribution in [2.24, 2.45) is 10.5 Å². The lowest BCUT2D eigenvalue weighted by Crippen LogP contribution is -2.66. The normalized spacial score (nSPS) is 23.9. The van der Waals surface area contributed by atoms with Crippen LogP contribution in [0.2, 0.25) is 5.02 Å². The van der Waals surface area contributed by atoms with E-state index in [1.165, 1.54) is 16.8 Å². The standard InChI is InChI=1S/C28H26BrClN4O/c1-19-28(27(35)34(31-19)24-10-8-23(30)9-11-24)16-21-15-22(29)7-12-25(21)33-14-13-32(18-26(28)33)17-20-5-3-2-4-6-20/h2-12,15,26H,13-14,16-18H2,1H3/t26-,28-/m0/s1. The molecule has 3 aliphatic heterocycles. The molecule has 3 heterocycles. The molecule has 1 amide bonds. The van der Waals surface area contributed by atoms with Gasteiger partial charge in [-0.3, -0.25) is 9.69 Å². The van der Waals surface area contributed by atoms with E-state index in [1.807, 2.05) is 31.2 Å². The second kappa shape index (κ2) is 8.77. The third-order valence-electron chi connectivity index (χ3n) is 7.64. The van der Waals surface area contributed by atoms with Gasteiger partial charge in [0.05, 0.1) is 17.4 Å². The Hall–Kier alpha value is -2.67. The smallest absolute Gasteiger partial charge is 0.261 e. The molecule has 3 aliphatic rings. The van der Waals surface area contributed by atoms with Gasteiger partial charge >= 0.3 is 0 Å². The third kappa shape index (κ3) is 3.79. The molecule has 0 radical (unpaired) electrons. The number of piperazine rings is 1. The summed E-state index contributed by atoms with van der Waals surface area (Å²) in [6, 6.07) is 24.4. The molecule has 2 atom stereocenters.